The van der Waals surface area contributed by atoms with E-state index in [0.29, 0.717) is 12.2 Å². The van der Waals surface area contributed by atoms with E-state index in [9.17, 15) is 4.79 Å². The van der Waals surface area contributed by atoms with Crippen LogP contribution in [0.1, 0.15) is 33.1 Å². The van der Waals surface area contributed by atoms with Gasteiger partial charge in [-0.05, 0) is 36.4 Å². The first-order valence-electron chi connectivity index (χ1n) is 8.70. The van der Waals surface area contributed by atoms with Gasteiger partial charge in [0.15, 0.2) is 0 Å². The van der Waals surface area contributed by atoms with Crippen LogP contribution in [0.3, 0.4) is 0 Å². The van der Waals surface area contributed by atoms with Crippen molar-refractivity contribution < 1.29 is 9.53 Å². The zero-order valence-corrected chi connectivity index (χ0v) is 14.4. The number of carbonyl (C=O) groups is 1. The number of rotatable bonds is 2. The molecule has 2 aromatic carbocycles. The molecule has 2 aromatic rings. The van der Waals surface area contributed by atoms with Gasteiger partial charge in [-0.1, -0.05) is 24.3 Å². The standard InChI is InChI=1S/C20H23N3O2/c1-22-8-10-23(11-9-22)19-16-5-3-2-4-15(16)13-25-18-7-6-14(20(21)24)12-17(18)19/h2-7,12,19H,8-11,13H2,1H3,(H2,21,24). The maximum absolute atomic E-state index is 11.7. The molecule has 1 fully saturated rings. The van der Waals surface area contributed by atoms with Crippen molar-refractivity contribution in [3.05, 3.63) is 64.7 Å². The Hall–Kier alpha value is -2.37. The molecule has 25 heavy (non-hydrogen) atoms. The van der Waals surface area contributed by atoms with Crippen LogP contribution in [0.15, 0.2) is 42.5 Å². The van der Waals surface area contributed by atoms with Crippen LogP contribution < -0.4 is 10.5 Å². The van der Waals surface area contributed by atoms with Crippen LogP contribution >= 0.6 is 0 Å². The fourth-order valence-corrected chi connectivity index (χ4v) is 3.78. The fraction of sp³-hybridized carbons (Fsp3) is 0.350. The van der Waals surface area contributed by atoms with Crippen molar-refractivity contribution in [1.82, 2.24) is 9.80 Å². The number of piperazine rings is 1. The molecule has 4 rings (SSSR count). The summed E-state index contributed by atoms with van der Waals surface area (Å²) in [6, 6.07) is 14.0. The van der Waals surface area contributed by atoms with Gasteiger partial charge >= 0.3 is 0 Å². The minimum Gasteiger partial charge on any atom is -0.489 e. The monoisotopic (exact) mass is 337 g/mol. The molecule has 2 aliphatic rings. The Balaban J connectivity index is 1.84. The highest BCUT2D eigenvalue weighted by Crippen LogP contribution is 2.40. The van der Waals surface area contributed by atoms with E-state index in [2.05, 4.69) is 35.0 Å². The Labute approximate surface area is 148 Å². The van der Waals surface area contributed by atoms with Gasteiger partial charge in [-0.2, -0.15) is 0 Å². The third-order valence-electron chi connectivity index (χ3n) is 5.22. The Kier molecular flexibility index (Phi) is 4.19. The topological polar surface area (TPSA) is 58.8 Å². The number of amides is 1. The Morgan fingerprint density at radius 2 is 1.84 bits per heavy atom. The second-order valence-corrected chi connectivity index (χ2v) is 6.85. The summed E-state index contributed by atoms with van der Waals surface area (Å²) in [5.41, 5.74) is 9.54. The van der Waals surface area contributed by atoms with E-state index in [1.165, 1.54) is 11.1 Å². The highest BCUT2D eigenvalue weighted by molar-refractivity contribution is 5.93. The summed E-state index contributed by atoms with van der Waals surface area (Å²) in [6.07, 6.45) is 0. The lowest BCUT2D eigenvalue weighted by atomic mass is 9.92. The van der Waals surface area contributed by atoms with Gasteiger partial charge in [-0.25, -0.2) is 0 Å². The quantitative estimate of drug-likeness (QED) is 0.911. The molecule has 0 bridgehead atoms. The molecule has 2 N–H and O–H groups in total. The van der Waals surface area contributed by atoms with Crippen LogP contribution in [-0.4, -0.2) is 48.9 Å². The van der Waals surface area contributed by atoms with Crippen LogP contribution in [0, 0.1) is 0 Å². The molecular weight excluding hydrogens is 314 g/mol. The maximum Gasteiger partial charge on any atom is 0.248 e. The summed E-state index contributed by atoms with van der Waals surface area (Å²) in [4.78, 5) is 16.5. The number of benzene rings is 2. The lowest BCUT2D eigenvalue weighted by Crippen LogP contribution is -2.46. The van der Waals surface area contributed by atoms with E-state index >= 15 is 0 Å². The van der Waals surface area contributed by atoms with Crippen LogP contribution in [0.2, 0.25) is 0 Å². The van der Waals surface area contributed by atoms with Crippen LogP contribution in [0.25, 0.3) is 0 Å². The van der Waals surface area contributed by atoms with Gasteiger partial charge in [0, 0.05) is 37.3 Å². The zero-order chi connectivity index (χ0) is 17.4. The molecule has 5 heteroatoms. The van der Waals surface area contributed by atoms with Crippen molar-refractivity contribution in [1.29, 1.82) is 0 Å². The average molecular weight is 337 g/mol. The minimum absolute atomic E-state index is 0.0849. The van der Waals surface area contributed by atoms with Gasteiger partial charge in [0.1, 0.15) is 12.4 Å². The van der Waals surface area contributed by atoms with Crippen molar-refractivity contribution in [3.63, 3.8) is 0 Å². The van der Waals surface area contributed by atoms with Crippen LogP contribution in [0.4, 0.5) is 0 Å². The van der Waals surface area contributed by atoms with Gasteiger partial charge in [0.05, 0.1) is 6.04 Å². The number of nitrogens with zero attached hydrogens (tertiary/aromatic N) is 2. The molecule has 130 valence electrons. The minimum atomic E-state index is -0.405. The highest BCUT2D eigenvalue weighted by Gasteiger charge is 2.31. The van der Waals surface area contributed by atoms with E-state index in [0.717, 1.165) is 37.5 Å². The smallest absolute Gasteiger partial charge is 0.248 e. The normalized spacial score (nSPS) is 20.9. The summed E-state index contributed by atoms with van der Waals surface area (Å²) < 4.78 is 6.06. The zero-order valence-electron chi connectivity index (χ0n) is 14.4. The summed E-state index contributed by atoms with van der Waals surface area (Å²) in [6.45, 7) is 4.57. The second-order valence-electron chi connectivity index (χ2n) is 6.85. The molecular formula is C20H23N3O2. The van der Waals surface area contributed by atoms with Crippen molar-refractivity contribution in [2.75, 3.05) is 33.2 Å². The number of fused-ring (bicyclic) bond motifs is 2. The number of primary amides is 1. The molecule has 0 radical (unpaired) electrons. The van der Waals surface area contributed by atoms with E-state index < -0.39 is 5.91 Å². The molecule has 1 saturated heterocycles. The first-order valence-corrected chi connectivity index (χ1v) is 8.70. The van der Waals surface area contributed by atoms with E-state index in [-0.39, 0.29) is 6.04 Å². The van der Waals surface area contributed by atoms with Crippen molar-refractivity contribution in [2.24, 2.45) is 5.73 Å². The number of hydrogen-bond donors (Lipinski definition) is 1. The Bertz CT molecular complexity index is 797. The molecule has 1 atom stereocenters. The van der Waals surface area contributed by atoms with E-state index in [1.54, 1.807) is 6.07 Å². The fourth-order valence-electron chi connectivity index (χ4n) is 3.78. The van der Waals surface area contributed by atoms with E-state index in [1.807, 2.05) is 18.2 Å². The largest absolute Gasteiger partial charge is 0.489 e. The van der Waals surface area contributed by atoms with Gasteiger partial charge < -0.3 is 15.4 Å². The first-order chi connectivity index (χ1) is 12.1. The predicted molar refractivity (Wildman–Crippen MR) is 96.6 cm³/mol. The number of likely N-dealkylation sites (N-methyl/N-ethyl adjacent to an activating group) is 1. The molecule has 0 aromatic heterocycles. The number of carbonyl (C=O) groups excluding carboxylic acids is 1. The van der Waals surface area contributed by atoms with E-state index in [4.69, 9.17) is 10.5 Å². The second kappa shape index (κ2) is 6.50. The number of nitrogens with two attached hydrogens (primary N) is 1. The van der Waals surface area contributed by atoms with Crippen molar-refractivity contribution in [2.45, 2.75) is 12.6 Å². The molecule has 0 saturated carbocycles. The summed E-state index contributed by atoms with van der Waals surface area (Å²) >= 11 is 0. The maximum atomic E-state index is 11.7. The van der Waals surface area contributed by atoms with Crippen molar-refractivity contribution >= 4 is 5.91 Å². The molecule has 2 heterocycles. The molecule has 5 nitrogen and oxygen atoms in total. The molecule has 1 unspecified atom stereocenters. The lowest BCUT2D eigenvalue weighted by molar-refractivity contribution is 0.0999. The van der Waals surface area contributed by atoms with Gasteiger partial charge in [-0.3, -0.25) is 9.69 Å². The Morgan fingerprint density at radius 1 is 1.08 bits per heavy atom. The predicted octanol–water partition coefficient (Wildman–Crippen LogP) is 2.01. The van der Waals surface area contributed by atoms with Crippen LogP contribution in [-0.2, 0) is 6.61 Å². The first kappa shape index (κ1) is 16.1. The van der Waals surface area contributed by atoms with Gasteiger partial charge in [0.25, 0.3) is 0 Å². The van der Waals surface area contributed by atoms with Gasteiger partial charge in [0.2, 0.25) is 5.91 Å². The van der Waals surface area contributed by atoms with Crippen LogP contribution in [0.5, 0.6) is 5.75 Å². The highest BCUT2D eigenvalue weighted by atomic mass is 16.5. The molecule has 1 amide bonds. The SMILES string of the molecule is CN1CCN(C2c3ccccc3COc3ccc(C(N)=O)cc32)CC1. The average Bonchev–Trinajstić information content (AvgIpc) is 2.79. The lowest BCUT2D eigenvalue weighted by Gasteiger charge is -2.38. The third kappa shape index (κ3) is 3.01. The third-order valence-corrected chi connectivity index (χ3v) is 5.22. The molecule has 0 aliphatic carbocycles. The van der Waals surface area contributed by atoms with Crippen molar-refractivity contribution in [3.8, 4) is 5.75 Å². The summed E-state index contributed by atoms with van der Waals surface area (Å²) in [5, 5.41) is 0. The number of ether oxygens (including phenoxy) is 1. The molecule has 2 aliphatic heterocycles. The molecule has 0 spiro atoms. The number of hydrogen-bond acceptors (Lipinski definition) is 4. The summed E-state index contributed by atoms with van der Waals surface area (Å²) in [5.74, 6) is 0.433. The summed E-state index contributed by atoms with van der Waals surface area (Å²) in [7, 11) is 2.15. The Morgan fingerprint density at radius 3 is 2.60 bits per heavy atom. The van der Waals surface area contributed by atoms with Gasteiger partial charge in [-0.15, -0.1) is 0 Å².